The summed E-state index contributed by atoms with van der Waals surface area (Å²) in [5.74, 6) is -0.803. The molecule has 4 nitrogen and oxygen atoms in total. The van der Waals surface area contributed by atoms with E-state index in [-0.39, 0.29) is 24.6 Å². The van der Waals surface area contributed by atoms with Gasteiger partial charge in [0.05, 0.1) is 5.92 Å². The van der Waals surface area contributed by atoms with E-state index in [0.717, 1.165) is 6.08 Å². The van der Waals surface area contributed by atoms with E-state index in [1.54, 1.807) is 6.92 Å². The van der Waals surface area contributed by atoms with Crippen molar-refractivity contribution >= 4 is 11.9 Å². The van der Waals surface area contributed by atoms with E-state index in [1.807, 2.05) is 0 Å². The number of esters is 2. The van der Waals surface area contributed by atoms with Crippen LogP contribution < -0.4 is 0 Å². The number of cyclic esters (lactones) is 1. The van der Waals surface area contributed by atoms with Crippen LogP contribution in [0.5, 0.6) is 0 Å². The summed E-state index contributed by atoms with van der Waals surface area (Å²) in [5.41, 5.74) is 0. The van der Waals surface area contributed by atoms with Crippen LogP contribution in [0.4, 0.5) is 0 Å². The molecule has 72 valence electrons. The average molecular weight is 184 g/mol. The van der Waals surface area contributed by atoms with Crippen LogP contribution in [0.3, 0.4) is 0 Å². The van der Waals surface area contributed by atoms with Gasteiger partial charge < -0.3 is 9.47 Å². The third-order valence-corrected chi connectivity index (χ3v) is 1.88. The summed E-state index contributed by atoms with van der Waals surface area (Å²) in [7, 11) is 0. The van der Waals surface area contributed by atoms with E-state index in [4.69, 9.17) is 9.47 Å². The Labute approximate surface area is 76.5 Å². The van der Waals surface area contributed by atoms with Gasteiger partial charge in [-0.3, -0.25) is 4.79 Å². The first-order valence-corrected chi connectivity index (χ1v) is 4.13. The summed E-state index contributed by atoms with van der Waals surface area (Å²) in [4.78, 5) is 21.6. The van der Waals surface area contributed by atoms with Crippen molar-refractivity contribution < 1.29 is 19.1 Å². The minimum absolute atomic E-state index is 0.0903. The standard InChI is InChI=1S/C9H12O4/c1-3-8(10)12-5-7-4-6(2)9(11)13-7/h3,6-7H,1,4-5H2,2H3. The number of hydrogen-bond donors (Lipinski definition) is 0. The second-order valence-electron chi connectivity index (χ2n) is 3.03. The van der Waals surface area contributed by atoms with Crippen molar-refractivity contribution in [2.24, 2.45) is 5.92 Å². The van der Waals surface area contributed by atoms with Crippen LogP contribution in [0.1, 0.15) is 13.3 Å². The minimum atomic E-state index is -0.490. The predicted molar refractivity (Wildman–Crippen MR) is 44.8 cm³/mol. The van der Waals surface area contributed by atoms with Gasteiger partial charge >= 0.3 is 11.9 Å². The molecule has 0 bridgehead atoms. The summed E-state index contributed by atoms with van der Waals surface area (Å²) < 4.78 is 9.66. The zero-order chi connectivity index (χ0) is 9.84. The van der Waals surface area contributed by atoms with E-state index in [1.165, 1.54) is 0 Å². The SMILES string of the molecule is C=CC(=O)OCC1CC(C)C(=O)O1. The van der Waals surface area contributed by atoms with Gasteiger partial charge in [-0.25, -0.2) is 4.79 Å². The lowest BCUT2D eigenvalue weighted by Gasteiger charge is -2.07. The Morgan fingerprint density at radius 2 is 2.54 bits per heavy atom. The highest BCUT2D eigenvalue weighted by atomic mass is 16.6. The molecule has 0 aromatic carbocycles. The fourth-order valence-corrected chi connectivity index (χ4v) is 1.16. The van der Waals surface area contributed by atoms with E-state index in [9.17, 15) is 9.59 Å². The van der Waals surface area contributed by atoms with Crippen LogP contribution in [-0.4, -0.2) is 24.6 Å². The first kappa shape index (κ1) is 9.77. The van der Waals surface area contributed by atoms with Crippen LogP contribution in [0.2, 0.25) is 0 Å². The molecule has 0 N–H and O–H groups in total. The second kappa shape index (κ2) is 4.07. The van der Waals surface area contributed by atoms with Crippen molar-refractivity contribution in [3.63, 3.8) is 0 Å². The molecule has 1 fully saturated rings. The molecule has 0 spiro atoms. The van der Waals surface area contributed by atoms with Gasteiger partial charge in [0.15, 0.2) is 0 Å². The normalized spacial score (nSPS) is 26.7. The first-order chi connectivity index (χ1) is 6.13. The quantitative estimate of drug-likeness (QED) is 0.477. The molecule has 0 radical (unpaired) electrons. The Hall–Kier alpha value is -1.32. The molecule has 0 amide bonds. The van der Waals surface area contributed by atoms with Gasteiger partial charge in [0, 0.05) is 12.5 Å². The molecule has 1 aliphatic heterocycles. The van der Waals surface area contributed by atoms with Gasteiger partial charge in [-0.2, -0.15) is 0 Å². The van der Waals surface area contributed by atoms with Crippen molar-refractivity contribution in [2.75, 3.05) is 6.61 Å². The summed E-state index contributed by atoms with van der Waals surface area (Å²) in [6.07, 6.45) is 1.41. The van der Waals surface area contributed by atoms with Gasteiger partial charge in [0.2, 0.25) is 0 Å². The van der Waals surface area contributed by atoms with Gasteiger partial charge in [-0.15, -0.1) is 0 Å². The first-order valence-electron chi connectivity index (χ1n) is 4.13. The smallest absolute Gasteiger partial charge is 0.330 e. The van der Waals surface area contributed by atoms with Gasteiger partial charge in [0.25, 0.3) is 0 Å². The summed E-state index contributed by atoms with van der Waals surface area (Å²) >= 11 is 0. The highest BCUT2D eigenvalue weighted by Crippen LogP contribution is 2.20. The molecule has 1 rings (SSSR count). The van der Waals surface area contributed by atoms with E-state index in [0.29, 0.717) is 6.42 Å². The number of rotatable bonds is 3. The van der Waals surface area contributed by atoms with Crippen LogP contribution in [0, 0.1) is 5.92 Å². The van der Waals surface area contributed by atoms with E-state index in [2.05, 4.69) is 6.58 Å². The van der Waals surface area contributed by atoms with Gasteiger partial charge in [-0.1, -0.05) is 13.5 Å². The molecule has 4 heteroatoms. The molecule has 1 aliphatic rings. The Balaban J connectivity index is 2.28. The van der Waals surface area contributed by atoms with Gasteiger partial charge in [0.1, 0.15) is 12.7 Å². The Morgan fingerprint density at radius 3 is 3.00 bits per heavy atom. The Kier molecular flexibility index (Phi) is 3.06. The van der Waals surface area contributed by atoms with Gasteiger partial charge in [-0.05, 0) is 0 Å². The van der Waals surface area contributed by atoms with Crippen molar-refractivity contribution in [1.29, 1.82) is 0 Å². The molecule has 0 aromatic rings. The monoisotopic (exact) mass is 184 g/mol. The molecule has 0 aromatic heterocycles. The maximum atomic E-state index is 10.9. The Morgan fingerprint density at radius 1 is 1.85 bits per heavy atom. The molecule has 0 aliphatic carbocycles. The lowest BCUT2D eigenvalue weighted by molar-refractivity contribution is -0.150. The van der Waals surface area contributed by atoms with Crippen LogP contribution in [0.25, 0.3) is 0 Å². The number of hydrogen-bond acceptors (Lipinski definition) is 4. The van der Waals surface area contributed by atoms with Crippen molar-refractivity contribution in [1.82, 2.24) is 0 Å². The third kappa shape index (κ3) is 2.57. The lowest BCUT2D eigenvalue weighted by Crippen LogP contribution is -2.17. The maximum Gasteiger partial charge on any atom is 0.330 e. The number of carbonyl (C=O) groups is 2. The molecular formula is C9H12O4. The topological polar surface area (TPSA) is 52.6 Å². The molecule has 13 heavy (non-hydrogen) atoms. The summed E-state index contributed by atoms with van der Waals surface area (Å²) in [6.45, 7) is 5.17. The largest absolute Gasteiger partial charge is 0.459 e. The van der Waals surface area contributed by atoms with Crippen molar-refractivity contribution in [3.05, 3.63) is 12.7 Å². The van der Waals surface area contributed by atoms with Crippen molar-refractivity contribution in [3.8, 4) is 0 Å². The van der Waals surface area contributed by atoms with Crippen LogP contribution in [0.15, 0.2) is 12.7 Å². The fourth-order valence-electron chi connectivity index (χ4n) is 1.16. The third-order valence-electron chi connectivity index (χ3n) is 1.88. The van der Waals surface area contributed by atoms with Crippen LogP contribution >= 0.6 is 0 Å². The zero-order valence-corrected chi connectivity index (χ0v) is 7.49. The lowest BCUT2D eigenvalue weighted by atomic mass is 10.1. The van der Waals surface area contributed by atoms with Crippen molar-refractivity contribution in [2.45, 2.75) is 19.4 Å². The highest BCUT2D eigenvalue weighted by Gasteiger charge is 2.31. The van der Waals surface area contributed by atoms with E-state index >= 15 is 0 Å². The maximum absolute atomic E-state index is 10.9. The molecule has 1 saturated heterocycles. The summed E-state index contributed by atoms with van der Waals surface area (Å²) in [5, 5.41) is 0. The minimum Gasteiger partial charge on any atom is -0.459 e. The summed E-state index contributed by atoms with van der Waals surface area (Å²) in [6, 6.07) is 0. The zero-order valence-electron chi connectivity index (χ0n) is 7.49. The molecule has 2 unspecified atom stereocenters. The average Bonchev–Trinajstić information content (AvgIpc) is 2.42. The molecule has 0 saturated carbocycles. The highest BCUT2D eigenvalue weighted by molar-refractivity contribution is 5.81. The van der Waals surface area contributed by atoms with Crippen LogP contribution in [-0.2, 0) is 19.1 Å². The molecule has 2 atom stereocenters. The molecule has 1 heterocycles. The predicted octanol–water partition coefficient (Wildman–Crippen LogP) is 0.667. The Bertz CT molecular complexity index is 234. The fraction of sp³-hybridized carbons (Fsp3) is 0.556. The number of ether oxygens (including phenoxy) is 2. The second-order valence-corrected chi connectivity index (χ2v) is 3.03. The van der Waals surface area contributed by atoms with E-state index < -0.39 is 5.97 Å². The molecular weight excluding hydrogens is 172 g/mol. The number of carbonyl (C=O) groups excluding carboxylic acids is 2.